The van der Waals surface area contributed by atoms with Crippen molar-refractivity contribution in [2.75, 3.05) is 12.1 Å². The van der Waals surface area contributed by atoms with Crippen LogP contribution >= 0.6 is 11.6 Å². The Labute approximate surface area is 205 Å². The zero-order chi connectivity index (χ0) is 24.5. The zero-order valence-corrected chi connectivity index (χ0v) is 19.6. The van der Waals surface area contributed by atoms with Gasteiger partial charge >= 0.3 is 0 Å². The second kappa shape index (κ2) is 9.27. The van der Waals surface area contributed by atoms with Crippen molar-refractivity contribution in [3.63, 3.8) is 0 Å². The topological polar surface area (TPSA) is 86.6 Å². The highest BCUT2D eigenvalue weighted by atomic mass is 35.5. The average molecular weight is 489 g/mol. The number of benzene rings is 3. The number of rotatable bonds is 6. The number of ketones is 1. The van der Waals surface area contributed by atoms with E-state index >= 15 is 0 Å². The van der Waals surface area contributed by atoms with Gasteiger partial charge in [-0.15, -0.1) is 0 Å². The molecule has 1 aromatic heterocycles. The predicted molar refractivity (Wildman–Crippen MR) is 134 cm³/mol. The van der Waals surface area contributed by atoms with Crippen molar-refractivity contribution in [3.05, 3.63) is 98.8 Å². The third kappa shape index (κ3) is 4.50. The quantitative estimate of drug-likeness (QED) is 0.393. The Balaban J connectivity index is 1.57. The van der Waals surface area contributed by atoms with E-state index in [2.05, 4.69) is 5.32 Å². The van der Waals surface area contributed by atoms with Crippen LogP contribution in [0.1, 0.15) is 28.4 Å². The van der Waals surface area contributed by atoms with Gasteiger partial charge in [0, 0.05) is 28.5 Å². The van der Waals surface area contributed by atoms with E-state index in [9.17, 15) is 14.4 Å². The van der Waals surface area contributed by atoms with Crippen LogP contribution in [0.3, 0.4) is 0 Å². The first kappa shape index (κ1) is 22.7. The molecule has 1 amide bonds. The molecule has 0 atom stereocenters. The van der Waals surface area contributed by atoms with Crippen LogP contribution in [0, 0.1) is 0 Å². The Kier molecular flexibility index (Phi) is 6.01. The third-order valence-electron chi connectivity index (χ3n) is 5.89. The average Bonchev–Trinajstić information content (AvgIpc) is 3.33. The summed E-state index contributed by atoms with van der Waals surface area (Å²) in [5.74, 6) is 0.145. The Bertz CT molecular complexity index is 1510. The number of carbonyl (C=O) groups excluding carboxylic acids is 2. The molecule has 1 aliphatic rings. The summed E-state index contributed by atoms with van der Waals surface area (Å²) < 4.78 is 12.5. The molecule has 0 saturated carbocycles. The fraction of sp³-hybridized carbons (Fsp3) is 0.148. The largest absolute Gasteiger partial charge is 0.454 e. The number of nitrogens with one attached hydrogen (secondary N) is 1. The van der Waals surface area contributed by atoms with Crippen LogP contribution in [-0.2, 0) is 17.8 Å². The Morgan fingerprint density at radius 1 is 1.00 bits per heavy atom. The molecule has 35 heavy (non-hydrogen) atoms. The lowest BCUT2D eigenvalue weighted by atomic mass is 10.0. The van der Waals surface area contributed by atoms with Gasteiger partial charge in [0.2, 0.25) is 18.1 Å². The van der Waals surface area contributed by atoms with Crippen molar-refractivity contribution in [2.45, 2.75) is 19.9 Å². The highest BCUT2D eigenvalue weighted by Gasteiger charge is 2.22. The van der Waals surface area contributed by atoms with Gasteiger partial charge in [-0.3, -0.25) is 14.4 Å². The van der Waals surface area contributed by atoms with E-state index in [4.69, 9.17) is 21.1 Å². The van der Waals surface area contributed by atoms with Gasteiger partial charge in [0.15, 0.2) is 17.3 Å². The van der Waals surface area contributed by atoms with Gasteiger partial charge in [0.05, 0.1) is 16.5 Å². The van der Waals surface area contributed by atoms with Crippen molar-refractivity contribution in [2.24, 2.45) is 0 Å². The van der Waals surface area contributed by atoms with E-state index in [0.717, 1.165) is 12.0 Å². The lowest BCUT2D eigenvalue weighted by Gasteiger charge is -2.14. The van der Waals surface area contributed by atoms with Gasteiger partial charge < -0.3 is 19.4 Å². The molecular formula is C27H21ClN2O5. The molecule has 2 heterocycles. The third-order valence-corrected chi connectivity index (χ3v) is 6.14. The summed E-state index contributed by atoms with van der Waals surface area (Å²) in [6.07, 6.45) is 2.28. The van der Waals surface area contributed by atoms with Crippen LogP contribution in [0.4, 0.5) is 5.69 Å². The van der Waals surface area contributed by atoms with Crippen LogP contribution < -0.4 is 20.2 Å². The number of pyridine rings is 1. The lowest BCUT2D eigenvalue weighted by Crippen LogP contribution is -2.24. The summed E-state index contributed by atoms with van der Waals surface area (Å²) in [6.45, 7) is 1.93. The van der Waals surface area contributed by atoms with Crippen LogP contribution in [0.25, 0.3) is 10.9 Å². The molecule has 5 rings (SSSR count). The molecule has 4 aromatic rings. The fourth-order valence-corrected chi connectivity index (χ4v) is 4.13. The monoisotopic (exact) mass is 488 g/mol. The number of aromatic nitrogens is 1. The summed E-state index contributed by atoms with van der Waals surface area (Å²) in [7, 11) is 0. The molecule has 0 spiro atoms. The first-order chi connectivity index (χ1) is 16.9. The van der Waals surface area contributed by atoms with Crippen molar-refractivity contribution in [1.82, 2.24) is 4.57 Å². The number of aryl methyl sites for hydroxylation is 1. The van der Waals surface area contributed by atoms with Crippen LogP contribution in [0.5, 0.6) is 11.5 Å². The van der Waals surface area contributed by atoms with Crippen LogP contribution in [0.15, 0.2) is 71.7 Å². The molecule has 3 aromatic carbocycles. The zero-order valence-electron chi connectivity index (χ0n) is 18.8. The molecule has 1 aliphatic heterocycles. The lowest BCUT2D eigenvalue weighted by molar-refractivity contribution is -0.116. The van der Waals surface area contributed by atoms with Crippen molar-refractivity contribution < 1.29 is 19.1 Å². The summed E-state index contributed by atoms with van der Waals surface area (Å²) in [5.41, 5.74) is 2.07. The van der Waals surface area contributed by atoms with Gasteiger partial charge in [-0.1, -0.05) is 42.8 Å². The van der Waals surface area contributed by atoms with E-state index in [0.29, 0.717) is 33.3 Å². The Morgan fingerprint density at radius 2 is 1.69 bits per heavy atom. The summed E-state index contributed by atoms with van der Waals surface area (Å²) in [6, 6.07) is 17.1. The fourth-order valence-electron chi connectivity index (χ4n) is 4.01. The number of ether oxygens (including phenoxy) is 2. The SMILES string of the molecule is CCc1ccc(C(=O)c2cn(CC(=O)Nc3ccc(Cl)cc3)c3cc4c(cc3c2=O)OCO4)cc1. The van der Waals surface area contributed by atoms with E-state index < -0.39 is 11.2 Å². The van der Waals surface area contributed by atoms with Gasteiger partial charge in [0.1, 0.15) is 6.54 Å². The second-order valence-electron chi connectivity index (χ2n) is 8.16. The van der Waals surface area contributed by atoms with Gasteiger partial charge in [-0.2, -0.15) is 0 Å². The minimum absolute atomic E-state index is 0.0279. The molecule has 0 aliphatic carbocycles. The Morgan fingerprint density at radius 3 is 2.37 bits per heavy atom. The molecule has 0 saturated heterocycles. The number of hydrogen-bond acceptors (Lipinski definition) is 5. The second-order valence-corrected chi connectivity index (χ2v) is 8.59. The molecule has 0 fully saturated rings. The predicted octanol–water partition coefficient (Wildman–Crippen LogP) is 4.82. The molecule has 0 unspecified atom stereocenters. The van der Waals surface area contributed by atoms with E-state index in [1.54, 1.807) is 53.1 Å². The maximum Gasteiger partial charge on any atom is 0.244 e. The first-order valence-electron chi connectivity index (χ1n) is 11.1. The number of anilines is 1. The molecule has 0 bridgehead atoms. The van der Waals surface area contributed by atoms with E-state index in [-0.39, 0.29) is 30.2 Å². The minimum atomic E-state index is -0.433. The molecule has 8 heteroatoms. The van der Waals surface area contributed by atoms with Gasteiger partial charge in [-0.05, 0) is 42.3 Å². The molecule has 1 N–H and O–H groups in total. The number of hydrogen-bond donors (Lipinski definition) is 1. The maximum absolute atomic E-state index is 13.4. The number of nitrogens with zero attached hydrogens (tertiary/aromatic N) is 1. The molecule has 0 radical (unpaired) electrons. The summed E-state index contributed by atoms with van der Waals surface area (Å²) in [5, 5.41) is 3.63. The first-order valence-corrected chi connectivity index (χ1v) is 11.5. The highest BCUT2D eigenvalue weighted by molar-refractivity contribution is 6.30. The van der Waals surface area contributed by atoms with Crippen LogP contribution in [-0.4, -0.2) is 23.1 Å². The van der Waals surface area contributed by atoms with E-state index in [1.807, 2.05) is 19.1 Å². The summed E-state index contributed by atoms with van der Waals surface area (Å²) in [4.78, 5) is 39.6. The number of fused-ring (bicyclic) bond motifs is 2. The van der Waals surface area contributed by atoms with Crippen molar-refractivity contribution >= 4 is 39.9 Å². The van der Waals surface area contributed by atoms with Crippen molar-refractivity contribution in [3.8, 4) is 11.5 Å². The van der Waals surface area contributed by atoms with Crippen LogP contribution in [0.2, 0.25) is 5.02 Å². The summed E-state index contributed by atoms with van der Waals surface area (Å²) >= 11 is 5.92. The minimum Gasteiger partial charge on any atom is -0.454 e. The number of amides is 1. The molecule has 176 valence electrons. The number of carbonyl (C=O) groups is 2. The Hall–Kier alpha value is -4.10. The normalized spacial score (nSPS) is 12.1. The van der Waals surface area contributed by atoms with E-state index in [1.165, 1.54) is 6.20 Å². The molecular weight excluding hydrogens is 468 g/mol. The maximum atomic E-state index is 13.4. The van der Waals surface area contributed by atoms with Gasteiger partial charge in [-0.25, -0.2) is 0 Å². The molecule has 7 nitrogen and oxygen atoms in total. The highest BCUT2D eigenvalue weighted by Crippen LogP contribution is 2.35. The van der Waals surface area contributed by atoms with Crippen molar-refractivity contribution in [1.29, 1.82) is 0 Å². The van der Waals surface area contributed by atoms with Gasteiger partial charge in [0.25, 0.3) is 0 Å². The smallest absolute Gasteiger partial charge is 0.244 e. The standard InChI is InChI=1S/C27H21ClN2O5/c1-2-16-3-5-17(6-4-16)26(32)21-13-30(14-25(31)29-19-9-7-18(28)8-10-19)22-12-24-23(34-15-35-24)11-20(22)27(21)33/h3-13H,2,14-15H2,1H3,(H,29,31). The number of halogens is 1.